The molecule has 3 N–H and O–H groups in total. The van der Waals surface area contributed by atoms with Crippen molar-refractivity contribution >= 4 is 26.5 Å². The lowest BCUT2D eigenvalue weighted by Crippen LogP contribution is -2.15. The molecule has 0 saturated heterocycles. The van der Waals surface area contributed by atoms with Crippen molar-refractivity contribution in [2.45, 2.75) is 17.9 Å². The van der Waals surface area contributed by atoms with Crippen LogP contribution in [0.15, 0.2) is 28.5 Å². The number of nitrogens with one attached hydrogen (secondary N) is 1. The lowest BCUT2D eigenvalue weighted by Gasteiger charge is -2.06. The van der Waals surface area contributed by atoms with Crippen molar-refractivity contribution < 1.29 is 17.2 Å². The van der Waals surface area contributed by atoms with Gasteiger partial charge in [-0.3, -0.25) is 4.72 Å². The van der Waals surface area contributed by atoms with E-state index in [2.05, 4.69) is 9.71 Å². The van der Waals surface area contributed by atoms with Crippen LogP contribution in [0.25, 0.3) is 0 Å². The van der Waals surface area contributed by atoms with E-state index >= 15 is 0 Å². The quantitative estimate of drug-likeness (QED) is 0.905. The summed E-state index contributed by atoms with van der Waals surface area (Å²) >= 11 is 1.03. The monoisotopic (exact) mass is 319 g/mol. The van der Waals surface area contributed by atoms with Gasteiger partial charge < -0.3 is 5.73 Å². The number of rotatable bonds is 4. The SMILES string of the molecule is CC(N)c1csc(NS(=O)(=O)c2ccc(F)cc2F)n1. The summed E-state index contributed by atoms with van der Waals surface area (Å²) < 4.78 is 52.3. The zero-order valence-corrected chi connectivity index (χ0v) is 11.9. The molecule has 1 unspecified atom stereocenters. The highest BCUT2D eigenvalue weighted by Gasteiger charge is 2.21. The first kappa shape index (κ1) is 14.8. The molecule has 0 spiro atoms. The van der Waals surface area contributed by atoms with Gasteiger partial charge in [0.2, 0.25) is 0 Å². The molecule has 0 aliphatic heterocycles. The number of anilines is 1. The van der Waals surface area contributed by atoms with Crippen molar-refractivity contribution in [3.8, 4) is 0 Å². The topological polar surface area (TPSA) is 85.1 Å². The first-order valence-corrected chi connectivity index (χ1v) is 7.85. The van der Waals surface area contributed by atoms with Crippen molar-refractivity contribution in [1.82, 2.24) is 4.98 Å². The van der Waals surface area contributed by atoms with Gasteiger partial charge in [0.05, 0.1) is 5.69 Å². The smallest absolute Gasteiger partial charge is 0.266 e. The van der Waals surface area contributed by atoms with E-state index in [1.807, 2.05) is 0 Å². The fourth-order valence-corrected chi connectivity index (χ4v) is 3.53. The highest BCUT2D eigenvalue weighted by Crippen LogP contribution is 2.23. The molecule has 2 rings (SSSR count). The maximum atomic E-state index is 13.5. The molecule has 0 fully saturated rings. The van der Waals surface area contributed by atoms with Gasteiger partial charge in [0.25, 0.3) is 10.0 Å². The molecule has 5 nitrogen and oxygen atoms in total. The van der Waals surface area contributed by atoms with E-state index in [9.17, 15) is 17.2 Å². The van der Waals surface area contributed by atoms with Crippen LogP contribution in [0.1, 0.15) is 18.7 Å². The van der Waals surface area contributed by atoms with Crippen molar-refractivity contribution in [1.29, 1.82) is 0 Å². The Bertz CT molecular complexity index is 729. The van der Waals surface area contributed by atoms with E-state index in [4.69, 9.17) is 5.73 Å². The number of nitrogens with two attached hydrogens (primary N) is 1. The minimum absolute atomic E-state index is 0.0704. The van der Waals surface area contributed by atoms with E-state index in [1.54, 1.807) is 12.3 Å². The Balaban J connectivity index is 2.30. The lowest BCUT2D eigenvalue weighted by atomic mass is 10.3. The third-order valence-electron chi connectivity index (χ3n) is 2.39. The van der Waals surface area contributed by atoms with Gasteiger partial charge in [0.1, 0.15) is 16.5 Å². The number of benzene rings is 1. The summed E-state index contributed by atoms with van der Waals surface area (Å²) in [5.41, 5.74) is 6.13. The van der Waals surface area contributed by atoms with Crippen molar-refractivity contribution in [2.24, 2.45) is 5.73 Å². The minimum Gasteiger partial charge on any atom is -0.323 e. The van der Waals surface area contributed by atoms with Crippen molar-refractivity contribution in [3.63, 3.8) is 0 Å². The summed E-state index contributed by atoms with van der Waals surface area (Å²) in [4.78, 5) is 3.33. The van der Waals surface area contributed by atoms with Crippen LogP contribution in [0.3, 0.4) is 0 Å². The van der Waals surface area contributed by atoms with Gasteiger partial charge >= 0.3 is 0 Å². The molecule has 2 aromatic rings. The largest absolute Gasteiger partial charge is 0.323 e. The van der Waals surface area contributed by atoms with Crippen LogP contribution in [-0.4, -0.2) is 13.4 Å². The molecule has 20 heavy (non-hydrogen) atoms. The highest BCUT2D eigenvalue weighted by atomic mass is 32.2. The molecule has 1 aromatic carbocycles. The Morgan fingerprint density at radius 2 is 2.10 bits per heavy atom. The zero-order chi connectivity index (χ0) is 14.9. The van der Waals surface area contributed by atoms with E-state index in [0.717, 1.165) is 23.5 Å². The Hall–Kier alpha value is -1.58. The van der Waals surface area contributed by atoms with Crippen LogP contribution >= 0.6 is 11.3 Å². The fraction of sp³-hybridized carbons (Fsp3) is 0.182. The van der Waals surface area contributed by atoms with Crippen LogP contribution in [0.4, 0.5) is 13.9 Å². The second-order valence-electron chi connectivity index (χ2n) is 4.05. The van der Waals surface area contributed by atoms with Gasteiger partial charge in [-0.1, -0.05) is 0 Å². The van der Waals surface area contributed by atoms with E-state index in [0.29, 0.717) is 11.8 Å². The molecule has 108 valence electrons. The van der Waals surface area contributed by atoms with Crippen LogP contribution in [-0.2, 0) is 10.0 Å². The normalized spacial score (nSPS) is 13.2. The predicted octanol–water partition coefficient (Wildman–Crippen LogP) is 2.24. The van der Waals surface area contributed by atoms with Crippen LogP contribution in [0.2, 0.25) is 0 Å². The highest BCUT2D eigenvalue weighted by molar-refractivity contribution is 7.93. The molecule has 9 heteroatoms. The lowest BCUT2D eigenvalue weighted by molar-refractivity contribution is 0.551. The number of hydrogen-bond acceptors (Lipinski definition) is 5. The summed E-state index contributed by atoms with van der Waals surface area (Å²) in [6, 6.07) is 1.89. The Labute approximate surface area is 118 Å². The van der Waals surface area contributed by atoms with Gasteiger partial charge in [-0.15, -0.1) is 11.3 Å². The Morgan fingerprint density at radius 1 is 1.40 bits per heavy atom. The molecule has 1 atom stereocenters. The average molecular weight is 319 g/mol. The molecule has 1 aromatic heterocycles. The number of nitrogens with zero attached hydrogens (tertiary/aromatic N) is 1. The van der Waals surface area contributed by atoms with Crippen molar-refractivity contribution in [2.75, 3.05) is 4.72 Å². The zero-order valence-electron chi connectivity index (χ0n) is 10.3. The second kappa shape index (κ2) is 5.43. The number of aromatic nitrogens is 1. The molecule has 0 aliphatic carbocycles. The second-order valence-corrected chi connectivity index (χ2v) is 6.56. The van der Waals surface area contributed by atoms with Crippen LogP contribution < -0.4 is 10.5 Å². The maximum Gasteiger partial charge on any atom is 0.266 e. The maximum absolute atomic E-state index is 13.5. The first-order valence-electron chi connectivity index (χ1n) is 5.48. The molecule has 0 saturated carbocycles. The standard InChI is InChI=1S/C11H11F2N3O2S2/c1-6(14)9-5-19-11(15-9)16-20(17,18)10-3-2-7(12)4-8(10)13/h2-6H,14H2,1H3,(H,15,16). The van der Waals surface area contributed by atoms with E-state index < -0.39 is 26.6 Å². The van der Waals surface area contributed by atoms with Gasteiger partial charge in [-0.2, -0.15) is 0 Å². The Kier molecular flexibility index (Phi) is 4.02. The molecule has 0 radical (unpaired) electrons. The van der Waals surface area contributed by atoms with Gasteiger partial charge in [-0.25, -0.2) is 22.2 Å². The fourth-order valence-electron chi connectivity index (χ4n) is 1.41. The third-order valence-corrected chi connectivity index (χ3v) is 4.67. The summed E-state index contributed by atoms with van der Waals surface area (Å²) in [5, 5.41) is 1.67. The summed E-state index contributed by atoms with van der Waals surface area (Å²) in [6.07, 6.45) is 0. The molecular weight excluding hydrogens is 308 g/mol. The molecule has 0 bridgehead atoms. The predicted molar refractivity (Wildman–Crippen MR) is 71.9 cm³/mol. The number of hydrogen-bond donors (Lipinski definition) is 2. The molecule has 0 aliphatic rings. The summed E-state index contributed by atoms with van der Waals surface area (Å²) in [7, 11) is -4.16. The molecule has 0 amide bonds. The number of halogens is 2. The average Bonchev–Trinajstić information content (AvgIpc) is 2.76. The van der Waals surface area contributed by atoms with E-state index in [-0.39, 0.29) is 11.2 Å². The van der Waals surface area contributed by atoms with Gasteiger partial charge in [0.15, 0.2) is 5.13 Å². The van der Waals surface area contributed by atoms with Gasteiger partial charge in [0, 0.05) is 17.5 Å². The third kappa shape index (κ3) is 3.11. The van der Waals surface area contributed by atoms with Crippen LogP contribution in [0.5, 0.6) is 0 Å². The molecular formula is C11H11F2N3O2S2. The van der Waals surface area contributed by atoms with Gasteiger partial charge in [-0.05, 0) is 19.1 Å². The first-order chi connectivity index (χ1) is 9.29. The number of thiazole rings is 1. The summed E-state index contributed by atoms with van der Waals surface area (Å²) in [6.45, 7) is 1.70. The number of sulfonamides is 1. The minimum atomic E-state index is -4.16. The molecule has 1 heterocycles. The van der Waals surface area contributed by atoms with Crippen LogP contribution in [0, 0.1) is 11.6 Å². The van der Waals surface area contributed by atoms with E-state index in [1.165, 1.54) is 0 Å². The van der Waals surface area contributed by atoms with Crippen molar-refractivity contribution in [3.05, 3.63) is 40.9 Å². The summed E-state index contributed by atoms with van der Waals surface area (Å²) in [5.74, 6) is -2.02. The Morgan fingerprint density at radius 3 is 2.65 bits per heavy atom.